The lowest BCUT2D eigenvalue weighted by Crippen LogP contribution is -2.42. The Labute approximate surface area is 127 Å². The van der Waals surface area contributed by atoms with E-state index in [2.05, 4.69) is 10.6 Å². The van der Waals surface area contributed by atoms with Gasteiger partial charge in [-0.15, -0.1) is 0 Å². The average molecular weight is 319 g/mol. The van der Waals surface area contributed by atoms with Gasteiger partial charge in [-0.05, 0) is 18.1 Å². The Bertz CT molecular complexity index is 486. The van der Waals surface area contributed by atoms with Crippen molar-refractivity contribution >= 4 is 40.9 Å². The zero-order valence-corrected chi connectivity index (χ0v) is 12.6. The summed E-state index contributed by atoms with van der Waals surface area (Å²) in [6, 6.07) is 3.84. The molecule has 0 fully saturated rings. The van der Waals surface area contributed by atoms with E-state index in [4.69, 9.17) is 28.3 Å². The number of amides is 2. The van der Waals surface area contributed by atoms with Gasteiger partial charge in [-0.25, -0.2) is 4.79 Å². The highest BCUT2D eigenvalue weighted by atomic mass is 35.5. The normalized spacial score (nSPS) is 12.1. The number of rotatable bonds is 5. The number of urea groups is 1. The van der Waals surface area contributed by atoms with E-state index in [1.165, 1.54) is 0 Å². The van der Waals surface area contributed by atoms with Crippen molar-refractivity contribution in [3.8, 4) is 0 Å². The number of para-hydroxylation sites is 1. The van der Waals surface area contributed by atoms with Crippen LogP contribution >= 0.6 is 23.2 Å². The predicted octanol–water partition coefficient (Wildman–Crippen LogP) is 3.61. The van der Waals surface area contributed by atoms with E-state index in [-0.39, 0.29) is 12.3 Å². The molecule has 1 atom stereocenters. The first kappa shape index (κ1) is 16.6. The minimum atomic E-state index is -0.972. The molecular weight excluding hydrogens is 303 g/mol. The Hall–Kier alpha value is -1.46. The number of anilines is 1. The summed E-state index contributed by atoms with van der Waals surface area (Å²) in [5.41, 5.74) is 0.297. The van der Waals surface area contributed by atoms with Crippen LogP contribution in [-0.4, -0.2) is 23.1 Å². The van der Waals surface area contributed by atoms with E-state index < -0.39 is 18.0 Å². The molecular formula is C13H16Cl2N2O3. The maximum Gasteiger partial charge on any atom is 0.319 e. The smallest absolute Gasteiger partial charge is 0.319 e. The van der Waals surface area contributed by atoms with E-state index >= 15 is 0 Å². The van der Waals surface area contributed by atoms with E-state index in [1.807, 2.05) is 13.8 Å². The van der Waals surface area contributed by atoms with E-state index in [1.54, 1.807) is 18.2 Å². The van der Waals surface area contributed by atoms with E-state index in [9.17, 15) is 9.59 Å². The zero-order chi connectivity index (χ0) is 15.3. The second-order valence-corrected chi connectivity index (χ2v) is 5.46. The van der Waals surface area contributed by atoms with Gasteiger partial charge in [-0.1, -0.05) is 43.1 Å². The molecule has 0 radical (unpaired) electrons. The molecule has 0 aliphatic heterocycles. The number of hydrogen-bond donors (Lipinski definition) is 3. The third kappa shape index (κ3) is 4.90. The van der Waals surface area contributed by atoms with Gasteiger partial charge in [0.2, 0.25) is 0 Å². The highest BCUT2D eigenvalue weighted by Gasteiger charge is 2.20. The van der Waals surface area contributed by atoms with Crippen LogP contribution in [0.15, 0.2) is 18.2 Å². The van der Waals surface area contributed by atoms with Crippen molar-refractivity contribution < 1.29 is 14.7 Å². The number of hydrogen-bond acceptors (Lipinski definition) is 2. The number of aliphatic carboxylic acids is 1. The van der Waals surface area contributed by atoms with Crippen molar-refractivity contribution in [2.75, 3.05) is 5.32 Å². The van der Waals surface area contributed by atoms with Gasteiger partial charge < -0.3 is 15.7 Å². The lowest BCUT2D eigenvalue weighted by Gasteiger charge is -2.21. The summed E-state index contributed by atoms with van der Waals surface area (Å²) in [6.07, 6.45) is -0.151. The Morgan fingerprint density at radius 2 is 1.80 bits per heavy atom. The molecule has 0 saturated heterocycles. The number of carboxylic acid groups (broad SMARTS) is 1. The number of carbonyl (C=O) groups excluding carboxylic acids is 1. The second kappa shape index (κ2) is 7.36. The van der Waals surface area contributed by atoms with Crippen molar-refractivity contribution in [1.29, 1.82) is 0 Å². The fourth-order valence-electron chi connectivity index (χ4n) is 1.58. The third-order valence-corrected chi connectivity index (χ3v) is 3.35. The molecule has 0 bridgehead atoms. The average Bonchev–Trinajstić information content (AvgIpc) is 2.32. The highest BCUT2D eigenvalue weighted by molar-refractivity contribution is 6.39. The van der Waals surface area contributed by atoms with Gasteiger partial charge in [0, 0.05) is 6.04 Å². The first-order chi connectivity index (χ1) is 9.31. The van der Waals surface area contributed by atoms with Crippen molar-refractivity contribution in [1.82, 2.24) is 5.32 Å². The van der Waals surface area contributed by atoms with Crippen LogP contribution in [0.3, 0.4) is 0 Å². The Balaban J connectivity index is 2.73. The van der Waals surface area contributed by atoms with Crippen LogP contribution < -0.4 is 10.6 Å². The lowest BCUT2D eigenvalue weighted by atomic mass is 10.0. The summed E-state index contributed by atoms with van der Waals surface area (Å²) in [6.45, 7) is 3.66. The van der Waals surface area contributed by atoms with Gasteiger partial charge in [-0.2, -0.15) is 0 Å². The molecule has 3 N–H and O–H groups in total. The van der Waals surface area contributed by atoms with Crippen molar-refractivity contribution in [2.45, 2.75) is 26.3 Å². The number of carboxylic acids is 1. The number of carbonyl (C=O) groups is 2. The maximum absolute atomic E-state index is 11.9. The van der Waals surface area contributed by atoms with Crippen molar-refractivity contribution in [2.24, 2.45) is 5.92 Å². The molecule has 0 spiro atoms. The Morgan fingerprint density at radius 1 is 1.25 bits per heavy atom. The number of benzene rings is 1. The maximum atomic E-state index is 11.9. The van der Waals surface area contributed by atoms with E-state index in [0.29, 0.717) is 15.7 Å². The standard InChI is InChI=1S/C13H16Cl2N2O3/c1-7(2)10(6-11(18)19)16-13(20)17-12-8(14)4-3-5-9(12)15/h3-5,7,10H,6H2,1-2H3,(H,18,19)(H2,16,17,20). The van der Waals surface area contributed by atoms with Crippen LogP contribution in [0.5, 0.6) is 0 Å². The summed E-state index contributed by atoms with van der Waals surface area (Å²) in [5.74, 6) is -0.988. The molecule has 0 heterocycles. The van der Waals surface area contributed by atoms with Crippen molar-refractivity contribution in [3.63, 3.8) is 0 Å². The molecule has 0 aliphatic carbocycles. The summed E-state index contributed by atoms with van der Waals surface area (Å²) < 4.78 is 0. The topological polar surface area (TPSA) is 78.4 Å². The number of nitrogens with one attached hydrogen (secondary N) is 2. The fraction of sp³-hybridized carbons (Fsp3) is 0.385. The quantitative estimate of drug-likeness (QED) is 0.775. The van der Waals surface area contributed by atoms with Gasteiger partial charge >= 0.3 is 12.0 Å². The van der Waals surface area contributed by atoms with Gasteiger partial charge in [0.1, 0.15) is 0 Å². The second-order valence-electron chi connectivity index (χ2n) is 4.64. The first-order valence-corrected chi connectivity index (χ1v) is 6.80. The molecule has 1 aromatic carbocycles. The summed E-state index contributed by atoms with van der Waals surface area (Å²) in [7, 11) is 0. The number of halogens is 2. The van der Waals surface area contributed by atoms with Crippen LogP contribution in [0.2, 0.25) is 10.0 Å². The van der Waals surface area contributed by atoms with Gasteiger partial charge in [-0.3, -0.25) is 4.79 Å². The van der Waals surface area contributed by atoms with E-state index in [0.717, 1.165) is 0 Å². The predicted molar refractivity (Wildman–Crippen MR) is 79.5 cm³/mol. The molecule has 7 heteroatoms. The largest absolute Gasteiger partial charge is 0.481 e. The molecule has 20 heavy (non-hydrogen) atoms. The minimum Gasteiger partial charge on any atom is -0.481 e. The van der Waals surface area contributed by atoms with Crippen LogP contribution in [0.1, 0.15) is 20.3 Å². The summed E-state index contributed by atoms with van der Waals surface area (Å²) in [5, 5.41) is 14.6. The molecule has 1 unspecified atom stereocenters. The zero-order valence-electron chi connectivity index (χ0n) is 11.1. The molecule has 1 rings (SSSR count). The Morgan fingerprint density at radius 3 is 2.25 bits per heavy atom. The van der Waals surface area contributed by atoms with Gasteiger partial charge in [0.05, 0.1) is 22.2 Å². The molecule has 0 aliphatic rings. The fourth-order valence-corrected chi connectivity index (χ4v) is 2.07. The van der Waals surface area contributed by atoms with Gasteiger partial charge in [0.15, 0.2) is 0 Å². The lowest BCUT2D eigenvalue weighted by molar-refractivity contribution is -0.137. The minimum absolute atomic E-state index is 0.0152. The molecule has 110 valence electrons. The van der Waals surface area contributed by atoms with Crippen LogP contribution in [-0.2, 0) is 4.79 Å². The SMILES string of the molecule is CC(C)C(CC(=O)O)NC(=O)Nc1c(Cl)cccc1Cl. The third-order valence-electron chi connectivity index (χ3n) is 2.72. The highest BCUT2D eigenvalue weighted by Crippen LogP contribution is 2.29. The van der Waals surface area contributed by atoms with Crippen LogP contribution in [0.25, 0.3) is 0 Å². The van der Waals surface area contributed by atoms with Crippen LogP contribution in [0, 0.1) is 5.92 Å². The molecule has 5 nitrogen and oxygen atoms in total. The molecule has 0 aromatic heterocycles. The summed E-state index contributed by atoms with van der Waals surface area (Å²) in [4.78, 5) is 22.6. The molecule has 2 amide bonds. The Kier molecular flexibility index (Phi) is 6.10. The molecule has 1 aromatic rings. The monoisotopic (exact) mass is 318 g/mol. The van der Waals surface area contributed by atoms with Gasteiger partial charge in [0.25, 0.3) is 0 Å². The van der Waals surface area contributed by atoms with Crippen molar-refractivity contribution in [3.05, 3.63) is 28.2 Å². The summed E-state index contributed by atoms with van der Waals surface area (Å²) >= 11 is 11.9. The van der Waals surface area contributed by atoms with Crippen LogP contribution in [0.4, 0.5) is 10.5 Å². The molecule has 0 saturated carbocycles. The first-order valence-electron chi connectivity index (χ1n) is 6.04.